The molecule has 0 saturated carbocycles. The van der Waals surface area contributed by atoms with Crippen molar-refractivity contribution in [1.82, 2.24) is 0 Å². The van der Waals surface area contributed by atoms with Crippen LogP contribution >= 0.6 is 0 Å². The van der Waals surface area contributed by atoms with Gasteiger partial charge in [0.2, 0.25) is 0 Å². The molecule has 2 rings (SSSR count). The van der Waals surface area contributed by atoms with Crippen molar-refractivity contribution in [1.29, 1.82) is 0 Å². The molecular weight excluding hydrogens is 436 g/mol. The summed E-state index contributed by atoms with van der Waals surface area (Å²) in [4.78, 5) is 11.7. The van der Waals surface area contributed by atoms with E-state index in [1.165, 1.54) is 22.3 Å². The van der Waals surface area contributed by atoms with E-state index in [1.807, 2.05) is 0 Å². The molecule has 0 spiro atoms. The van der Waals surface area contributed by atoms with Crippen LogP contribution in [0.5, 0.6) is 11.5 Å². The van der Waals surface area contributed by atoms with E-state index in [0.29, 0.717) is 24.7 Å². The second kappa shape index (κ2) is 13.4. The fourth-order valence-corrected chi connectivity index (χ4v) is 4.12. The van der Waals surface area contributed by atoms with E-state index in [9.17, 15) is 4.79 Å². The second-order valence-electron chi connectivity index (χ2n) is 10.1. The number of carbonyl (C=O) groups excluding carboxylic acids is 1. The van der Waals surface area contributed by atoms with Gasteiger partial charge in [0.25, 0.3) is 0 Å². The Hall–Kier alpha value is -2.75. The molecule has 0 aliphatic carbocycles. The molecule has 0 fully saturated rings. The topological polar surface area (TPSA) is 44.8 Å². The molecule has 2 unspecified atom stereocenters. The minimum absolute atomic E-state index is 0.142. The van der Waals surface area contributed by atoms with Crippen molar-refractivity contribution in [3.05, 3.63) is 69.8 Å². The third kappa shape index (κ3) is 8.45. The second-order valence-corrected chi connectivity index (χ2v) is 10.1. The average molecular weight is 481 g/mol. The van der Waals surface area contributed by atoms with Gasteiger partial charge in [0, 0.05) is 11.5 Å². The standard InChI is InChI=1S/C31H44O4/c1-10-21(5)17-33-29-22(6)12-27(13-23(29)7)16-28-14-24(8)30(25(9)15-28)34-18-26(11-2)19-35-31(32)20(3)4/h12-15,21,26H,3,10-11,16-19H2,1-2,4-9H3. The van der Waals surface area contributed by atoms with Gasteiger partial charge < -0.3 is 14.2 Å². The van der Waals surface area contributed by atoms with Gasteiger partial charge in [0.1, 0.15) is 11.5 Å². The van der Waals surface area contributed by atoms with Crippen molar-refractivity contribution in [2.24, 2.45) is 11.8 Å². The van der Waals surface area contributed by atoms with Gasteiger partial charge in [-0.25, -0.2) is 4.79 Å². The highest BCUT2D eigenvalue weighted by molar-refractivity contribution is 5.86. The predicted octanol–water partition coefficient (Wildman–Crippen LogP) is 7.46. The van der Waals surface area contributed by atoms with Gasteiger partial charge in [0.05, 0.1) is 19.8 Å². The molecule has 2 aromatic carbocycles. The molecule has 0 aromatic heterocycles. The zero-order chi connectivity index (χ0) is 26.1. The number of benzene rings is 2. The van der Waals surface area contributed by atoms with Crippen LogP contribution in [-0.4, -0.2) is 25.8 Å². The molecule has 0 N–H and O–H groups in total. The lowest BCUT2D eigenvalue weighted by molar-refractivity contribution is -0.140. The summed E-state index contributed by atoms with van der Waals surface area (Å²) in [5, 5.41) is 0. The molecule has 0 saturated heterocycles. The fourth-order valence-electron chi connectivity index (χ4n) is 4.12. The monoisotopic (exact) mass is 480 g/mol. The van der Waals surface area contributed by atoms with Crippen LogP contribution in [0.3, 0.4) is 0 Å². The van der Waals surface area contributed by atoms with Gasteiger partial charge in [-0.15, -0.1) is 0 Å². The first kappa shape index (κ1) is 28.5. The highest BCUT2D eigenvalue weighted by Crippen LogP contribution is 2.30. The molecule has 0 amide bonds. The maximum atomic E-state index is 11.7. The zero-order valence-corrected chi connectivity index (χ0v) is 23.0. The molecule has 0 aliphatic heterocycles. The van der Waals surface area contributed by atoms with Crippen molar-refractivity contribution in [3.63, 3.8) is 0 Å². The normalized spacial score (nSPS) is 12.7. The first-order chi connectivity index (χ1) is 16.5. The first-order valence-electron chi connectivity index (χ1n) is 12.8. The van der Waals surface area contributed by atoms with Gasteiger partial charge >= 0.3 is 5.97 Å². The van der Waals surface area contributed by atoms with Gasteiger partial charge in [0.15, 0.2) is 0 Å². The summed E-state index contributed by atoms with van der Waals surface area (Å²) in [5.74, 6) is 2.28. The predicted molar refractivity (Wildman–Crippen MR) is 145 cm³/mol. The summed E-state index contributed by atoms with van der Waals surface area (Å²) in [5.41, 5.74) is 7.59. The van der Waals surface area contributed by atoms with Crippen LogP contribution in [0.15, 0.2) is 36.4 Å². The lowest BCUT2D eigenvalue weighted by atomic mass is 9.97. The van der Waals surface area contributed by atoms with Crippen LogP contribution in [0.4, 0.5) is 0 Å². The zero-order valence-electron chi connectivity index (χ0n) is 23.0. The van der Waals surface area contributed by atoms with Crippen LogP contribution in [0.25, 0.3) is 0 Å². The van der Waals surface area contributed by atoms with E-state index in [1.54, 1.807) is 6.92 Å². The van der Waals surface area contributed by atoms with Crippen molar-refractivity contribution in [2.75, 3.05) is 19.8 Å². The molecule has 0 bridgehead atoms. The lowest BCUT2D eigenvalue weighted by Crippen LogP contribution is -2.20. The van der Waals surface area contributed by atoms with E-state index >= 15 is 0 Å². The highest BCUT2D eigenvalue weighted by atomic mass is 16.5. The maximum absolute atomic E-state index is 11.7. The summed E-state index contributed by atoms with van der Waals surface area (Å²) in [6.07, 6.45) is 2.86. The lowest BCUT2D eigenvalue weighted by Gasteiger charge is -2.19. The van der Waals surface area contributed by atoms with Gasteiger partial charge in [-0.05, 0) is 86.8 Å². The Morgan fingerprint density at radius 2 is 1.26 bits per heavy atom. The molecule has 4 nitrogen and oxygen atoms in total. The average Bonchev–Trinajstić information content (AvgIpc) is 2.79. The van der Waals surface area contributed by atoms with Gasteiger partial charge in [-0.2, -0.15) is 0 Å². The van der Waals surface area contributed by atoms with E-state index in [4.69, 9.17) is 14.2 Å². The molecule has 4 heteroatoms. The largest absolute Gasteiger partial charge is 0.493 e. The van der Waals surface area contributed by atoms with E-state index in [2.05, 4.69) is 79.3 Å². The number of hydrogen-bond acceptors (Lipinski definition) is 4. The quantitative estimate of drug-likeness (QED) is 0.220. The summed E-state index contributed by atoms with van der Waals surface area (Å²) in [6, 6.07) is 8.91. The van der Waals surface area contributed by atoms with Crippen molar-refractivity contribution in [3.8, 4) is 11.5 Å². The Labute approximate surface area is 212 Å². The van der Waals surface area contributed by atoms with Crippen LogP contribution in [0.1, 0.15) is 73.9 Å². The minimum atomic E-state index is -0.347. The summed E-state index contributed by atoms with van der Waals surface area (Å²) in [6.45, 7) is 21.8. The van der Waals surface area contributed by atoms with Crippen LogP contribution < -0.4 is 9.47 Å². The molecule has 0 aliphatic rings. The molecule has 2 atom stereocenters. The highest BCUT2D eigenvalue weighted by Gasteiger charge is 2.15. The van der Waals surface area contributed by atoms with E-state index in [0.717, 1.165) is 48.5 Å². The molecule has 192 valence electrons. The fraction of sp³-hybridized carbons (Fsp3) is 0.516. The maximum Gasteiger partial charge on any atom is 0.333 e. The smallest absolute Gasteiger partial charge is 0.333 e. The Kier molecular flexibility index (Phi) is 10.9. The summed E-state index contributed by atoms with van der Waals surface area (Å²) < 4.78 is 17.6. The van der Waals surface area contributed by atoms with Gasteiger partial charge in [-0.3, -0.25) is 0 Å². The molecule has 2 aromatic rings. The van der Waals surface area contributed by atoms with Gasteiger partial charge in [-0.1, -0.05) is 58.0 Å². The minimum Gasteiger partial charge on any atom is -0.493 e. The number of rotatable bonds is 13. The summed E-state index contributed by atoms with van der Waals surface area (Å²) in [7, 11) is 0. The van der Waals surface area contributed by atoms with Crippen LogP contribution in [0, 0.1) is 39.5 Å². The first-order valence-corrected chi connectivity index (χ1v) is 12.8. The van der Waals surface area contributed by atoms with E-state index < -0.39 is 0 Å². The Morgan fingerprint density at radius 3 is 1.66 bits per heavy atom. The Bertz CT molecular complexity index is 975. The molecule has 0 radical (unpaired) electrons. The third-order valence-corrected chi connectivity index (χ3v) is 6.50. The number of aryl methyl sites for hydroxylation is 4. The molecular formula is C31H44O4. The number of carbonyl (C=O) groups is 1. The SMILES string of the molecule is C=C(C)C(=O)OCC(CC)COc1c(C)cc(Cc2cc(C)c(OCC(C)CC)c(C)c2)cc1C. The number of ether oxygens (including phenoxy) is 3. The van der Waals surface area contributed by atoms with Crippen LogP contribution in [0.2, 0.25) is 0 Å². The molecule has 0 heterocycles. The summed E-state index contributed by atoms with van der Waals surface area (Å²) >= 11 is 0. The van der Waals surface area contributed by atoms with Crippen LogP contribution in [-0.2, 0) is 16.0 Å². The Morgan fingerprint density at radius 1 is 0.800 bits per heavy atom. The third-order valence-electron chi connectivity index (χ3n) is 6.50. The van der Waals surface area contributed by atoms with Crippen molar-refractivity contribution >= 4 is 5.97 Å². The van der Waals surface area contributed by atoms with Crippen molar-refractivity contribution < 1.29 is 19.0 Å². The van der Waals surface area contributed by atoms with E-state index in [-0.39, 0.29) is 11.9 Å². The Balaban J connectivity index is 2.07. The molecule has 35 heavy (non-hydrogen) atoms. The number of hydrogen-bond donors (Lipinski definition) is 0. The van der Waals surface area contributed by atoms with Crippen molar-refractivity contribution in [2.45, 2.75) is 74.7 Å². The number of esters is 1.